The Bertz CT molecular complexity index is 905. The molecule has 4 heteroatoms. The van der Waals surface area contributed by atoms with Gasteiger partial charge in [-0.25, -0.2) is 0 Å². The number of fused-ring (bicyclic) bond motifs is 1. The second-order valence-electron chi connectivity index (χ2n) is 6.26. The van der Waals surface area contributed by atoms with Crippen molar-refractivity contribution in [3.63, 3.8) is 0 Å². The molecule has 0 saturated carbocycles. The molecule has 0 unspecified atom stereocenters. The first-order valence-electron chi connectivity index (χ1n) is 7.63. The average molecular weight is 369 g/mol. The van der Waals surface area contributed by atoms with Gasteiger partial charge in [-0.2, -0.15) is 0 Å². The molecule has 2 spiro atoms. The van der Waals surface area contributed by atoms with Crippen LogP contribution in [0.2, 0.25) is 0 Å². The molecule has 0 fully saturated rings. The van der Waals surface area contributed by atoms with E-state index in [2.05, 4.69) is 15.9 Å². The van der Waals surface area contributed by atoms with Crippen molar-refractivity contribution < 1.29 is 14.3 Å². The zero-order valence-electron chi connectivity index (χ0n) is 12.2. The smallest absolute Gasteiger partial charge is 0.285 e. The highest BCUT2D eigenvalue weighted by molar-refractivity contribution is 9.10. The van der Waals surface area contributed by atoms with Gasteiger partial charge in [0.25, 0.3) is 5.79 Å². The van der Waals surface area contributed by atoms with Crippen LogP contribution in [0.1, 0.15) is 12.8 Å². The third kappa shape index (κ3) is 1.52. The minimum Gasteiger partial charge on any atom is -0.447 e. The van der Waals surface area contributed by atoms with Crippen LogP contribution in [-0.2, 0) is 4.79 Å². The molecule has 0 N–H and O–H groups in total. The van der Waals surface area contributed by atoms with Crippen LogP contribution in [0.25, 0.3) is 10.8 Å². The molecule has 2 aromatic rings. The summed E-state index contributed by atoms with van der Waals surface area (Å²) in [6.45, 7) is 0. The lowest BCUT2D eigenvalue weighted by atomic mass is 9.76. The second kappa shape index (κ2) is 4.26. The molecule has 23 heavy (non-hydrogen) atoms. The van der Waals surface area contributed by atoms with Crippen molar-refractivity contribution in [2.75, 3.05) is 0 Å². The van der Waals surface area contributed by atoms with Crippen LogP contribution in [0.5, 0.6) is 11.5 Å². The van der Waals surface area contributed by atoms with E-state index in [1.807, 2.05) is 42.5 Å². The minimum atomic E-state index is -1.05. The number of halogens is 1. The van der Waals surface area contributed by atoms with Gasteiger partial charge in [0.15, 0.2) is 5.78 Å². The summed E-state index contributed by atoms with van der Waals surface area (Å²) in [5.41, 5.74) is -0.681. The average Bonchev–Trinajstić information content (AvgIpc) is 3.15. The van der Waals surface area contributed by atoms with Gasteiger partial charge in [0.1, 0.15) is 16.9 Å². The molecule has 0 amide bonds. The number of carbonyl (C=O) groups is 1. The molecule has 1 aliphatic heterocycles. The highest BCUT2D eigenvalue weighted by atomic mass is 79.9. The molecule has 0 bridgehead atoms. The van der Waals surface area contributed by atoms with Gasteiger partial charge in [-0.3, -0.25) is 4.79 Å². The van der Waals surface area contributed by atoms with Crippen molar-refractivity contribution in [2.45, 2.75) is 18.6 Å². The molecule has 3 nitrogen and oxygen atoms in total. The standard InChI is InChI=1S/C19H13BrO3/c20-13-6-7-15-17-12(13)4-3-5-14(17)22-19(23-15)11-8-16(21)18(19)9-1-2-10-18/h1-8,11H,9-10H2/t19-/m1/s1. The van der Waals surface area contributed by atoms with Crippen LogP contribution in [0.15, 0.2) is 59.1 Å². The van der Waals surface area contributed by atoms with Crippen LogP contribution in [0.4, 0.5) is 0 Å². The Morgan fingerprint density at radius 1 is 1.00 bits per heavy atom. The lowest BCUT2D eigenvalue weighted by Gasteiger charge is -2.44. The highest BCUT2D eigenvalue weighted by Gasteiger charge is 2.63. The first kappa shape index (κ1) is 13.4. The fourth-order valence-electron chi connectivity index (χ4n) is 3.90. The Hall–Kier alpha value is -2.07. The monoisotopic (exact) mass is 368 g/mol. The maximum Gasteiger partial charge on any atom is 0.285 e. The summed E-state index contributed by atoms with van der Waals surface area (Å²) in [6, 6.07) is 9.84. The van der Waals surface area contributed by atoms with E-state index in [9.17, 15) is 4.79 Å². The zero-order chi connectivity index (χ0) is 15.7. The molecule has 2 aliphatic carbocycles. The van der Waals surface area contributed by atoms with Gasteiger partial charge in [-0.15, -0.1) is 0 Å². The third-order valence-electron chi connectivity index (χ3n) is 5.13. The van der Waals surface area contributed by atoms with Crippen molar-refractivity contribution in [1.29, 1.82) is 0 Å². The molecule has 114 valence electrons. The quantitative estimate of drug-likeness (QED) is 0.640. The van der Waals surface area contributed by atoms with Gasteiger partial charge in [0.05, 0.1) is 5.39 Å². The summed E-state index contributed by atoms with van der Waals surface area (Å²) in [4.78, 5) is 12.6. The Kier molecular flexibility index (Phi) is 2.48. The highest BCUT2D eigenvalue weighted by Crippen LogP contribution is 2.55. The Balaban J connectivity index is 1.74. The van der Waals surface area contributed by atoms with Gasteiger partial charge >= 0.3 is 0 Å². The largest absolute Gasteiger partial charge is 0.447 e. The normalized spacial score (nSPS) is 26.2. The third-order valence-corrected chi connectivity index (χ3v) is 5.82. The van der Waals surface area contributed by atoms with Gasteiger partial charge < -0.3 is 9.47 Å². The van der Waals surface area contributed by atoms with Crippen LogP contribution >= 0.6 is 15.9 Å². The molecular formula is C19H13BrO3. The second-order valence-corrected chi connectivity index (χ2v) is 7.11. The first-order valence-corrected chi connectivity index (χ1v) is 8.42. The maximum absolute atomic E-state index is 12.6. The van der Waals surface area contributed by atoms with E-state index in [1.54, 1.807) is 12.2 Å². The number of ether oxygens (including phenoxy) is 2. The summed E-state index contributed by atoms with van der Waals surface area (Å²) >= 11 is 3.57. The molecule has 5 rings (SSSR count). The molecule has 3 aliphatic rings. The Morgan fingerprint density at radius 2 is 1.74 bits per heavy atom. The molecule has 0 aromatic heterocycles. The number of allylic oxidation sites excluding steroid dienone is 3. The van der Waals surface area contributed by atoms with E-state index in [0.29, 0.717) is 12.8 Å². The Morgan fingerprint density at radius 3 is 2.52 bits per heavy atom. The van der Waals surface area contributed by atoms with Crippen molar-refractivity contribution in [3.8, 4) is 11.5 Å². The summed E-state index contributed by atoms with van der Waals surface area (Å²) in [5.74, 6) is 0.546. The van der Waals surface area contributed by atoms with Crippen LogP contribution in [-0.4, -0.2) is 11.6 Å². The van der Waals surface area contributed by atoms with Gasteiger partial charge in [0.2, 0.25) is 0 Å². The van der Waals surface area contributed by atoms with Crippen molar-refractivity contribution in [3.05, 3.63) is 59.1 Å². The van der Waals surface area contributed by atoms with E-state index >= 15 is 0 Å². The van der Waals surface area contributed by atoms with Crippen LogP contribution in [0, 0.1) is 5.41 Å². The predicted octanol–water partition coefficient (Wildman–Crippen LogP) is 4.55. The summed E-state index contributed by atoms with van der Waals surface area (Å²) in [6.07, 6.45) is 8.75. The number of ketones is 1. The number of benzene rings is 2. The summed E-state index contributed by atoms with van der Waals surface area (Å²) in [5, 5.41) is 1.99. The lowest BCUT2D eigenvalue weighted by Crippen LogP contribution is -2.56. The topological polar surface area (TPSA) is 35.5 Å². The lowest BCUT2D eigenvalue weighted by molar-refractivity contribution is -0.168. The Labute approximate surface area is 141 Å². The van der Waals surface area contributed by atoms with E-state index in [0.717, 1.165) is 26.7 Å². The van der Waals surface area contributed by atoms with E-state index in [-0.39, 0.29) is 5.78 Å². The molecule has 1 heterocycles. The van der Waals surface area contributed by atoms with Gasteiger partial charge in [-0.05, 0) is 37.1 Å². The number of hydrogen-bond donors (Lipinski definition) is 0. The van der Waals surface area contributed by atoms with Gasteiger partial charge in [-0.1, -0.05) is 40.2 Å². The summed E-state index contributed by atoms with van der Waals surface area (Å²) in [7, 11) is 0. The minimum absolute atomic E-state index is 0.0789. The van der Waals surface area contributed by atoms with Crippen LogP contribution < -0.4 is 9.47 Å². The van der Waals surface area contributed by atoms with Crippen molar-refractivity contribution in [2.24, 2.45) is 5.41 Å². The predicted molar refractivity (Wildman–Crippen MR) is 90.6 cm³/mol. The molecule has 2 aromatic carbocycles. The molecule has 1 atom stereocenters. The molecule has 0 saturated heterocycles. The van der Waals surface area contributed by atoms with Crippen molar-refractivity contribution in [1.82, 2.24) is 0 Å². The van der Waals surface area contributed by atoms with Crippen LogP contribution in [0.3, 0.4) is 0 Å². The number of carbonyl (C=O) groups excluding carboxylic acids is 1. The van der Waals surface area contributed by atoms with Gasteiger partial charge in [0, 0.05) is 15.9 Å². The van der Waals surface area contributed by atoms with E-state index < -0.39 is 11.2 Å². The van der Waals surface area contributed by atoms with E-state index in [1.165, 1.54) is 0 Å². The zero-order valence-corrected chi connectivity index (χ0v) is 13.8. The van der Waals surface area contributed by atoms with Crippen molar-refractivity contribution >= 4 is 32.5 Å². The molecular weight excluding hydrogens is 356 g/mol. The van der Waals surface area contributed by atoms with E-state index in [4.69, 9.17) is 9.47 Å². The first-order chi connectivity index (χ1) is 11.2. The SMILES string of the molecule is O=C1C=C[C@]2(Oc3cccc4c(Br)ccc(c34)O2)C12CC=CC2. The fraction of sp³-hybridized carbons (Fsp3) is 0.211. The fourth-order valence-corrected chi connectivity index (χ4v) is 4.36. The number of hydrogen-bond acceptors (Lipinski definition) is 3. The summed E-state index contributed by atoms with van der Waals surface area (Å²) < 4.78 is 13.6. The molecule has 0 radical (unpaired) electrons. The maximum atomic E-state index is 12.6. The number of rotatable bonds is 0.